The van der Waals surface area contributed by atoms with Gasteiger partial charge in [0.15, 0.2) is 0 Å². The summed E-state index contributed by atoms with van der Waals surface area (Å²) in [6.07, 6.45) is 2.36. The van der Waals surface area contributed by atoms with Crippen LogP contribution in [0.1, 0.15) is 18.1 Å². The molecule has 0 N–H and O–H groups in total. The molecule has 2 aromatic carbocycles. The topological polar surface area (TPSA) is 0 Å². The highest BCUT2D eigenvalue weighted by Gasteiger charge is 2.14. The molecule has 2 heteroatoms. The van der Waals surface area contributed by atoms with Crippen molar-refractivity contribution in [3.63, 3.8) is 0 Å². The van der Waals surface area contributed by atoms with Crippen LogP contribution in [0.4, 0.5) is 8.78 Å². The van der Waals surface area contributed by atoms with E-state index in [0.717, 1.165) is 24.1 Å². The third-order valence-corrected chi connectivity index (χ3v) is 2.94. The van der Waals surface area contributed by atoms with Gasteiger partial charge in [-0.05, 0) is 35.3 Å². The lowest BCUT2D eigenvalue weighted by atomic mass is 9.99. The van der Waals surface area contributed by atoms with Crippen LogP contribution in [0.25, 0.3) is 17.2 Å². The van der Waals surface area contributed by atoms with E-state index in [1.807, 2.05) is 36.4 Å². The molecule has 0 radical (unpaired) electrons. The van der Waals surface area contributed by atoms with Crippen molar-refractivity contribution in [2.45, 2.75) is 19.8 Å². The predicted octanol–water partition coefficient (Wildman–Crippen LogP) is 5.33. The van der Waals surface area contributed by atoms with Gasteiger partial charge in [-0.3, -0.25) is 0 Å². The lowest BCUT2D eigenvalue weighted by molar-refractivity contribution is 0.0784. The summed E-state index contributed by atoms with van der Waals surface area (Å²) >= 11 is 0. The molecule has 0 unspecified atom stereocenters. The van der Waals surface area contributed by atoms with E-state index in [0.29, 0.717) is 0 Å². The molecule has 0 nitrogen and oxygen atoms in total. The highest BCUT2D eigenvalue weighted by atomic mass is 19.3. The van der Waals surface area contributed by atoms with E-state index in [-0.39, 0.29) is 0 Å². The minimum atomic E-state index is -2.77. The summed E-state index contributed by atoms with van der Waals surface area (Å²) in [4.78, 5) is 0. The summed E-state index contributed by atoms with van der Waals surface area (Å²) in [7, 11) is 0. The first-order valence-corrected chi connectivity index (χ1v) is 6.19. The number of hydrogen-bond donors (Lipinski definition) is 0. The normalized spacial score (nSPS) is 12.0. The Morgan fingerprint density at radius 2 is 1.58 bits per heavy atom. The van der Waals surface area contributed by atoms with Gasteiger partial charge in [0.25, 0.3) is 5.92 Å². The molecule has 0 saturated heterocycles. The van der Waals surface area contributed by atoms with Crippen LogP contribution >= 0.6 is 0 Å². The highest BCUT2D eigenvalue weighted by Crippen LogP contribution is 2.24. The SMILES string of the molecule is Cc1ccccc1-c1ccc(/C=C\C(C)(F)F)cc1. The van der Waals surface area contributed by atoms with Crippen LogP contribution in [0.3, 0.4) is 0 Å². The van der Waals surface area contributed by atoms with Crippen LogP contribution in [0, 0.1) is 6.92 Å². The molecular formula is C17H16F2. The molecule has 0 aliphatic heterocycles. The molecule has 0 amide bonds. The van der Waals surface area contributed by atoms with Gasteiger partial charge < -0.3 is 0 Å². The summed E-state index contributed by atoms with van der Waals surface area (Å²) in [5, 5.41) is 0. The monoisotopic (exact) mass is 258 g/mol. The van der Waals surface area contributed by atoms with Crippen molar-refractivity contribution in [1.82, 2.24) is 0 Å². The minimum absolute atomic E-state index is 0.777. The summed E-state index contributed by atoms with van der Waals surface area (Å²) in [6, 6.07) is 15.7. The number of alkyl halides is 2. The van der Waals surface area contributed by atoms with Gasteiger partial charge in [-0.15, -0.1) is 0 Å². The van der Waals surface area contributed by atoms with Crippen molar-refractivity contribution in [1.29, 1.82) is 0 Å². The smallest absolute Gasteiger partial charge is 0.202 e. The molecule has 0 saturated carbocycles. The Hall–Kier alpha value is -1.96. The first-order chi connectivity index (χ1) is 8.96. The first kappa shape index (κ1) is 13.5. The Balaban J connectivity index is 2.25. The van der Waals surface area contributed by atoms with Gasteiger partial charge in [0, 0.05) is 6.92 Å². The molecule has 2 aromatic rings. The third kappa shape index (κ3) is 3.75. The Morgan fingerprint density at radius 3 is 2.16 bits per heavy atom. The number of benzene rings is 2. The Morgan fingerprint density at radius 1 is 0.947 bits per heavy atom. The number of allylic oxidation sites excluding steroid dienone is 1. The van der Waals surface area contributed by atoms with Crippen molar-refractivity contribution in [2.24, 2.45) is 0 Å². The Bertz CT molecular complexity index is 575. The van der Waals surface area contributed by atoms with Crippen molar-refractivity contribution in [2.75, 3.05) is 0 Å². The molecule has 0 atom stereocenters. The van der Waals surface area contributed by atoms with E-state index in [2.05, 4.69) is 19.1 Å². The quantitative estimate of drug-likeness (QED) is 0.698. The van der Waals surface area contributed by atoms with Crippen molar-refractivity contribution in [3.8, 4) is 11.1 Å². The fourth-order valence-corrected chi connectivity index (χ4v) is 1.91. The van der Waals surface area contributed by atoms with E-state index in [1.165, 1.54) is 17.2 Å². The fraction of sp³-hybridized carbons (Fsp3) is 0.176. The van der Waals surface area contributed by atoms with Gasteiger partial charge in [0.05, 0.1) is 0 Å². The molecule has 98 valence electrons. The van der Waals surface area contributed by atoms with Crippen LogP contribution < -0.4 is 0 Å². The molecule has 2 rings (SSSR count). The third-order valence-electron chi connectivity index (χ3n) is 2.94. The second kappa shape index (κ2) is 5.35. The maximum atomic E-state index is 12.7. The van der Waals surface area contributed by atoms with Gasteiger partial charge in [-0.1, -0.05) is 54.6 Å². The van der Waals surface area contributed by atoms with E-state index < -0.39 is 5.92 Å². The van der Waals surface area contributed by atoms with Crippen LogP contribution in [0.15, 0.2) is 54.6 Å². The Labute approximate surface area is 112 Å². The molecule has 19 heavy (non-hydrogen) atoms. The van der Waals surface area contributed by atoms with Crippen LogP contribution in [0.2, 0.25) is 0 Å². The zero-order chi connectivity index (χ0) is 13.9. The zero-order valence-corrected chi connectivity index (χ0v) is 11.0. The Kier molecular flexibility index (Phi) is 3.79. The van der Waals surface area contributed by atoms with Gasteiger partial charge >= 0.3 is 0 Å². The number of hydrogen-bond acceptors (Lipinski definition) is 0. The van der Waals surface area contributed by atoms with Crippen LogP contribution in [0.5, 0.6) is 0 Å². The maximum absolute atomic E-state index is 12.7. The summed E-state index contributed by atoms with van der Waals surface area (Å²) in [6.45, 7) is 2.94. The predicted molar refractivity (Wildman–Crippen MR) is 76.3 cm³/mol. The molecule has 0 aliphatic rings. The molecule has 0 fully saturated rings. The highest BCUT2D eigenvalue weighted by molar-refractivity contribution is 5.68. The average Bonchev–Trinajstić information content (AvgIpc) is 2.37. The fourth-order valence-electron chi connectivity index (χ4n) is 1.91. The maximum Gasteiger partial charge on any atom is 0.264 e. The summed E-state index contributed by atoms with van der Waals surface area (Å²) in [5.74, 6) is -2.77. The van der Waals surface area contributed by atoms with E-state index in [1.54, 1.807) is 0 Å². The van der Waals surface area contributed by atoms with E-state index >= 15 is 0 Å². The molecule has 0 aromatic heterocycles. The van der Waals surface area contributed by atoms with Crippen LogP contribution in [-0.4, -0.2) is 5.92 Å². The largest absolute Gasteiger partial charge is 0.264 e. The molecule has 0 aliphatic carbocycles. The van der Waals surface area contributed by atoms with Crippen molar-refractivity contribution < 1.29 is 8.78 Å². The van der Waals surface area contributed by atoms with Gasteiger partial charge in [-0.2, -0.15) is 0 Å². The average molecular weight is 258 g/mol. The first-order valence-electron chi connectivity index (χ1n) is 6.19. The van der Waals surface area contributed by atoms with Gasteiger partial charge in [0.1, 0.15) is 0 Å². The second-order valence-electron chi connectivity index (χ2n) is 4.73. The van der Waals surface area contributed by atoms with Gasteiger partial charge in [0.2, 0.25) is 0 Å². The van der Waals surface area contributed by atoms with Crippen LogP contribution in [-0.2, 0) is 0 Å². The number of rotatable bonds is 3. The minimum Gasteiger partial charge on any atom is -0.202 e. The lowest BCUT2D eigenvalue weighted by Gasteiger charge is -2.06. The van der Waals surface area contributed by atoms with E-state index in [4.69, 9.17) is 0 Å². The molecule has 0 spiro atoms. The summed E-state index contributed by atoms with van der Waals surface area (Å²) < 4.78 is 25.4. The van der Waals surface area contributed by atoms with Crippen molar-refractivity contribution in [3.05, 3.63) is 65.7 Å². The summed E-state index contributed by atoms with van der Waals surface area (Å²) in [5.41, 5.74) is 4.24. The standard InChI is InChI=1S/C17H16F2/c1-13-5-3-4-6-16(13)15-9-7-14(8-10-15)11-12-17(2,18)19/h3-12H,1-2H3/b12-11-. The number of aryl methyl sites for hydroxylation is 1. The molecular weight excluding hydrogens is 242 g/mol. The lowest BCUT2D eigenvalue weighted by Crippen LogP contribution is -2.02. The number of halogens is 2. The van der Waals surface area contributed by atoms with Crippen molar-refractivity contribution >= 4 is 6.08 Å². The van der Waals surface area contributed by atoms with Gasteiger partial charge in [-0.25, -0.2) is 8.78 Å². The zero-order valence-electron chi connectivity index (χ0n) is 11.0. The second-order valence-corrected chi connectivity index (χ2v) is 4.73. The molecule has 0 bridgehead atoms. The molecule has 0 heterocycles. The van der Waals surface area contributed by atoms with E-state index in [9.17, 15) is 8.78 Å².